The lowest BCUT2D eigenvalue weighted by Crippen LogP contribution is -2.55. The summed E-state index contributed by atoms with van der Waals surface area (Å²) in [6.45, 7) is 7.35. The van der Waals surface area contributed by atoms with Crippen molar-refractivity contribution in [3.8, 4) is 11.1 Å². The number of amides is 2. The second kappa shape index (κ2) is 10.7. The molecule has 3 rings (SSSR count). The van der Waals surface area contributed by atoms with Crippen LogP contribution < -0.4 is 10.6 Å². The summed E-state index contributed by atoms with van der Waals surface area (Å²) < 4.78 is 5.57. The summed E-state index contributed by atoms with van der Waals surface area (Å²) in [7, 11) is 0. The molecule has 2 aromatic carbocycles. The minimum absolute atomic E-state index is 0.0849. The average Bonchev–Trinajstić information content (AvgIpc) is 3.11. The maximum Gasteiger partial charge on any atom is 0.407 e. The first-order valence-corrected chi connectivity index (χ1v) is 11.8. The molecule has 3 N–H and O–H groups in total. The normalized spacial score (nSPS) is 14.5. The number of carbonyl (C=O) groups excluding carboxylic acids is 2. The summed E-state index contributed by atoms with van der Waals surface area (Å²) in [4.78, 5) is 37.2. The molecule has 7 nitrogen and oxygen atoms in total. The lowest BCUT2D eigenvalue weighted by Gasteiger charge is -2.29. The van der Waals surface area contributed by atoms with E-state index < -0.39 is 35.5 Å². The summed E-state index contributed by atoms with van der Waals surface area (Å²) in [5, 5.41) is 14.8. The minimum Gasteiger partial charge on any atom is -0.480 e. The second-order valence-corrected chi connectivity index (χ2v) is 9.81. The summed E-state index contributed by atoms with van der Waals surface area (Å²) in [5.74, 6) is -1.72. The Bertz CT molecular complexity index is 998. The van der Waals surface area contributed by atoms with Crippen LogP contribution in [-0.4, -0.2) is 41.8 Å². The van der Waals surface area contributed by atoms with Crippen molar-refractivity contribution in [3.05, 3.63) is 59.7 Å². The van der Waals surface area contributed by atoms with E-state index in [2.05, 4.69) is 22.8 Å². The first-order valence-electron chi connectivity index (χ1n) is 11.8. The van der Waals surface area contributed by atoms with Crippen molar-refractivity contribution in [1.82, 2.24) is 10.6 Å². The van der Waals surface area contributed by atoms with E-state index in [1.54, 1.807) is 20.8 Å². The van der Waals surface area contributed by atoms with Crippen LogP contribution in [0.1, 0.15) is 64.0 Å². The van der Waals surface area contributed by atoms with Gasteiger partial charge in [-0.2, -0.15) is 0 Å². The van der Waals surface area contributed by atoms with Gasteiger partial charge in [0.15, 0.2) is 0 Å². The topological polar surface area (TPSA) is 105 Å². The zero-order valence-corrected chi connectivity index (χ0v) is 20.3. The van der Waals surface area contributed by atoms with Crippen molar-refractivity contribution >= 4 is 18.0 Å². The van der Waals surface area contributed by atoms with E-state index in [-0.39, 0.29) is 12.5 Å². The number of carboxylic acids is 1. The first kappa shape index (κ1) is 25.3. The molecule has 1 unspecified atom stereocenters. The van der Waals surface area contributed by atoms with E-state index in [0.717, 1.165) is 28.7 Å². The predicted octanol–water partition coefficient (Wildman–Crippen LogP) is 4.70. The Morgan fingerprint density at radius 3 is 2.03 bits per heavy atom. The molecule has 2 amide bonds. The monoisotopic (exact) mass is 466 g/mol. The molecule has 1 aliphatic rings. The Morgan fingerprint density at radius 1 is 0.971 bits per heavy atom. The Balaban J connectivity index is 1.67. The van der Waals surface area contributed by atoms with Crippen LogP contribution in [-0.2, 0) is 14.3 Å². The van der Waals surface area contributed by atoms with E-state index >= 15 is 0 Å². The molecule has 0 fully saturated rings. The fourth-order valence-electron chi connectivity index (χ4n) is 4.35. The zero-order valence-electron chi connectivity index (χ0n) is 20.3. The van der Waals surface area contributed by atoms with Crippen LogP contribution in [0.2, 0.25) is 0 Å². The number of ether oxygens (including phenoxy) is 1. The number of hydrogen-bond donors (Lipinski definition) is 3. The van der Waals surface area contributed by atoms with E-state index in [1.165, 1.54) is 0 Å². The molecular weight excluding hydrogens is 432 g/mol. The fraction of sp³-hybridized carbons (Fsp3) is 0.444. The molecule has 0 radical (unpaired) electrons. The lowest BCUT2D eigenvalue weighted by molar-refractivity contribution is -0.145. The first-order chi connectivity index (χ1) is 16.1. The highest BCUT2D eigenvalue weighted by atomic mass is 16.5. The maximum atomic E-state index is 12.9. The van der Waals surface area contributed by atoms with Gasteiger partial charge in [0.2, 0.25) is 5.91 Å². The van der Waals surface area contributed by atoms with Gasteiger partial charge in [-0.15, -0.1) is 0 Å². The summed E-state index contributed by atoms with van der Waals surface area (Å²) >= 11 is 0. The van der Waals surface area contributed by atoms with E-state index in [9.17, 15) is 19.5 Å². The van der Waals surface area contributed by atoms with E-state index in [0.29, 0.717) is 12.8 Å². The Labute approximate surface area is 200 Å². The SMILES string of the molecule is CCCC[C@H](NC(=O)OCC1c2ccccc2-c2ccccc21)C(=O)NC(C(=O)O)C(C)(C)C. The van der Waals surface area contributed by atoms with Gasteiger partial charge in [0.05, 0.1) is 0 Å². The van der Waals surface area contributed by atoms with Crippen molar-refractivity contribution in [2.75, 3.05) is 6.61 Å². The summed E-state index contributed by atoms with van der Waals surface area (Å²) in [6, 6.07) is 14.2. The fourth-order valence-corrected chi connectivity index (χ4v) is 4.35. The molecule has 0 aliphatic heterocycles. The number of alkyl carbamates (subject to hydrolysis) is 1. The van der Waals surface area contributed by atoms with Crippen molar-refractivity contribution in [3.63, 3.8) is 0 Å². The largest absolute Gasteiger partial charge is 0.480 e. The third kappa shape index (κ3) is 5.76. The number of rotatable bonds is 9. The highest BCUT2D eigenvalue weighted by Gasteiger charge is 2.35. The Hall–Kier alpha value is -3.35. The molecule has 0 saturated heterocycles. The molecule has 2 atom stereocenters. The molecule has 182 valence electrons. The third-order valence-corrected chi connectivity index (χ3v) is 6.20. The maximum absolute atomic E-state index is 12.9. The molecule has 1 aliphatic carbocycles. The molecule has 0 heterocycles. The minimum atomic E-state index is -1.11. The molecule has 7 heteroatoms. The predicted molar refractivity (Wildman–Crippen MR) is 131 cm³/mol. The van der Waals surface area contributed by atoms with Crippen molar-refractivity contribution in [1.29, 1.82) is 0 Å². The molecule has 0 spiro atoms. The number of fused-ring (bicyclic) bond motifs is 3. The van der Waals surface area contributed by atoms with Gasteiger partial charge in [-0.05, 0) is 34.1 Å². The van der Waals surface area contributed by atoms with Crippen LogP contribution in [0.15, 0.2) is 48.5 Å². The Kier molecular flexibility index (Phi) is 7.97. The number of hydrogen-bond acceptors (Lipinski definition) is 4. The van der Waals surface area contributed by atoms with Crippen LogP contribution in [0.3, 0.4) is 0 Å². The van der Waals surface area contributed by atoms with Crippen molar-refractivity contribution in [2.45, 2.75) is 65.0 Å². The van der Waals surface area contributed by atoms with Crippen LogP contribution in [0, 0.1) is 5.41 Å². The third-order valence-electron chi connectivity index (χ3n) is 6.20. The molecule has 2 aromatic rings. The average molecular weight is 467 g/mol. The van der Waals surface area contributed by atoms with Crippen LogP contribution in [0.4, 0.5) is 4.79 Å². The van der Waals surface area contributed by atoms with Crippen LogP contribution >= 0.6 is 0 Å². The summed E-state index contributed by atoms with van der Waals surface area (Å²) in [6.07, 6.45) is 1.23. The van der Waals surface area contributed by atoms with Gasteiger partial charge in [0.25, 0.3) is 0 Å². The molecule has 34 heavy (non-hydrogen) atoms. The lowest BCUT2D eigenvalue weighted by atomic mass is 9.86. The molecule has 0 saturated carbocycles. The number of unbranched alkanes of at least 4 members (excludes halogenated alkanes) is 1. The smallest absolute Gasteiger partial charge is 0.407 e. The summed E-state index contributed by atoms with van der Waals surface area (Å²) in [5.41, 5.74) is 3.79. The van der Waals surface area contributed by atoms with E-state index in [4.69, 9.17) is 4.74 Å². The van der Waals surface area contributed by atoms with Gasteiger partial charge in [-0.25, -0.2) is 9.59 Å². The van der Waals surface area contributed by atoms with Crippen molar-refractivity contribution in [2.24, 2.45) is 5.41 Å². The van der Waals surface area contributed by atoms with Crippen molar-refractivity contribution < 1.29 is 24.2 Å². The van der Waals surface area contributed by atoms with Crippen LogP contribution in [0.25, 0.3) is 11.1 Å². The number of nitrogens with one attached hydrogen (secondary N) is 2. The number of carbonyl (C=O) groups is 3. The number of aliphatic carboxylic acids is 1. The Morgan fingerprint density at radius 2 is 1.53 bits per heavy atom. The standard InChI is InChI=1S/C27H34N2O5/c1-5-6-15-22(24(30)29-23(25(31)32)27(2,3)4)28-26(33)34-16-21-19-13-9-7-11-17(19)18-12-8-10-14-20(18)21/h7-14,21-23H,5-6,15-16H2,1-4H3,(H,28,33)(H,29,30)(H,31,32)/t22-,23?/m0/s1. The molecular formula is C27H34N2O5. The van der Waals surface area contributed by atoms with E-state index in [1.807, 2.05) is 43.3 Å². The molecule has 0 bridgehead atoms. The zero-order chi connectivity index (χ0) is 24.9. The highest BCUT2D eigenvalue weighted by molar-refractivity contribution is 5.89. The number of benzene rings is 2. The van der Waals surface area contributed by atoms with Crippen LogP contribution in [0.5, 0.6) is 0 Å². The molecule has 0 aromatic heterocycles. The van der Waals surface area contributed by atoms with Gasteiger partial charge in [-0.1, -0.05) is 89.1 Å². The van der Waals surface area contributed by atoms with Gasteiger partial charge in [-0.3, -0.25) is 4.79 Å². The van der Waals surface area contributed by atoms with Gasteiger partial charge in [0.1, 0.15) is 18.7 Å². The van der Waals surface area contributed by atoms with Gasteiger partial charge >= 0.3 is 12.1 Å². The number of carboxylic acid groups (broad SMARTS) is 1. The van der Waals surface area contributed by atoms with Gasteiger partial charge in [0, 0.05) is 5.92 Å². The second-order valence-electron chi connectivity index (χ2n) is 9.81. The highest BCUT2D eigenvalue weighted by Crippen LogP contribution is 2.44. The van der Waals surface area contributed by atoms with Gasteiger partial charge < -0.3 is 20.5 Å². The quantitative estimate of drug-likeness (QED) is 0.497.